The predicted octanol–water partition coefficient (Wildman–Crippen LogP) is 4.51. The molecule has 0 aliphatic heterocycles. The van der Waals surface area contributed by atoms with Crippen LogP contribution in [-0.2, 0) is 19.4 Å². The monoisotopic (exact) mass is 350 g/mol. The van der Waals surface area contributed by atoms with Crippen molar-refractivity contribution >= 4 is 5.91 Å². The molecule has 26 heavy (non-hydrogen) atoms. The van der Waals surface area contributed by atoms with Crippen LogP contribution in [0.3, 0.4) is 0 Å². The Morgan fingerprint density at radius 2 is 1.73 bits per heavy atom. The summed E-state index contributed by atoms with van der Waals surface area (Å²) in [6.45, 7) is 4.75. The van der Waals surface area contributed by atoms with Crippen molar-refractivity contribution in [3.63, 3.8) is 0 Å². The van der Waals surface area contributed by atoms with E-state index in [2.05, 4.69) is 23.6 Å². The summed E-state index contributed by atoms with van der Waals surface area (Å²) in [5.41, 5.74) is 11.0. The molecule has 3 nitrogen and oxygen atoms in total. The van der Waals surface area contributed by atoms with Crippen molar-refractivity contribution in [1.82, 2.24) is 4.57 Å². The van der Waals surface area contributed by atoms with E-state index in [1.165, 1.54) is 17.7 Å². The number of hydrogen-bond donors (Lipinski definition) is 1. The molecule has 2 aromatic carbocycles. The molecule has 0 atom stereocenters. The summed E-state index contributed by atoms with van der Waals surface area (Å²) in [5.74, 6) is -0.748. The van der Waals surface area contributed by atoms with Crippen molar-refractivity contribution in [3.05, 3.63) is 82.9 Å². The molecule has 0 bridgehead atoms. The maximum Gasteiger partial charge on any atom is 0.251 e. The number of halogens is 1. The molecule has 1 heterocycles. The number of primary amides is 1. The molecular weight excluding hydrogens is 327 g/mol. The topological polar surface area (TPSA) is 48.0 Å². The Balaban J connectivity index is 2.08. The summed E-state index contributed by atoms with van der Waals surface area (Å²) in [6, 6.07) is 16.5. The van der Waals surface area contributed by atoms with Gasteiger partial charge in [0, 0.05) is 23.5 Å². The van der Waals surface area contributed by atoms with Gasteiger partial charge in [0.25, 0.3) is 5.91 Å². The van der Waals surface area contributed by atoms with Crippen LogP contribution < -0.4 is 5.73 Å². The Morgan fingerprint density at radius 3 is 2.31 bits per heavy atom. The first-order chi connectivity index (χ1) is 12.5. The third kappa shape index (κ3) is 3.40. The van der Waals surface area contributed by atoms with E-state index < -0.39 is 5.91 Å². The average Bonchev–Trinajstić information content (AvgIpc) is 2.93. The van der Waals surface area contributed by atoms with Crippen LogP contribution in [0.5, 0.6) is 0 Å². The van der Waals surface area contributed by atoms with E-state index in [1.807, 2.05) is 25.1 Å². The fourth-order valence-electron chi connectivity index (χ4n) is 3.58. The molecule has 1 aromatic heterocycles. The van der Waals surface area contributed by atoms with Gasteiger partial charge in [0.15, 0.2) is 0 Å². The largest absolute Gasteiger partial charge is 0.366 e. The van der Waals surface area contributed by atoms with E-state index >= 15 is 0 Å². The van der Waals surface area contributed by atoms with Gasteiger partial charge >= 0.3 is 0 Å². The fourth-order valence-corrected chi connectivity index (χ4v) is 3.58. The van der Waals surface area contributed by atoms with Crippen molar-refractivity contribution in [2.24, 2.45) is 5.73 Å². The maximum absolute atomic E-state index is 13.3. The first-order valence-corrected chi connectivity index (χ1v) is 8.84. The summed E-state index contributed by atoms with van der Waals surface area (Å²) in [5, 5.41) is 0. The number of aryl methyl sites for hydroxylation is 1. The standard InChI is InChI=1S/C22H23FN2O/c1-3-19-21(17-9-11-18(23)12-10-17)20(22(24)26)15(2)25(19)14-13-16-7-5-4-6-8-16/h4-12H,3,13-14H2,1-2H3,(H2,24,26). The van der Waals surface area contributed by atoms with Gasteiger partial charge < -0.3 is 10.3 Å². The van der Waals surface area contributed by atoms with Crippen molar-refractivity contribution < 1.29 is 9.18 Å². The third-order valence-corrected chi connectivity index (χ3v) is 4.81. The van der Waals surface area contributed by atoms with Crippen LogP contribution in [0.4, 0.5) is 4.39 Å². The number of hydrogen-bond acceptors (Lipinski definition) is 1. The van der Waals surface area contributed by atoms with Crippen LogP contribution in [-0.4, -0.2) is 10.5 Å². The lowest BCUT2D eigenvalue weighted by molar-refractivity contribution is 0.1000. The molecule has 0 spiro atoms. The van der Waals surface area contributed by atoms with Crippen LogP contribution in [0, 0.1) is 12.7 Å². The summed E-state index contributed by atoms with van der Waals surface area (Å²) in [4.78, 5) is 12.2. The van der Waals surface area contributed by atoms with Crippen molar-refractivity contribution in [2.75, 3.05) is 0 Å². The van der Waals surface area contributed by atoms with E-state index in [0.29, 0.717) is 5.56 Å². The van der Waals surface area contributed by atoms with Gasteiger partial charge in [-0.05, 0) is 43.0 Å². The molecule has 3 aromatic rings. The van der Waals surface area contributed by atoms with Gasteiger partial charge in [0.05, 0.1) is 5.56 Å². The number of nitrogens with two attached hydrogens (primary N) is 1. The molecule has 0 aliphatic rings. The molecule has 0 saturated carbocycles. The molecule has 1 amide bonds. The van der Waals surface area contributed by atoms with Crippen LogP contribution in [0.15, 0.2) is 54.6 Å². The highest BCUT2D eigenvalue weighted by molar-refractivity contribution is 6.02. The Bertz CT molecular complexity index is 912. The number of nitrogens with zero attached hydrogens (tertiary/aromatic N) is 1. The van der Waals surface area contributed by atoms with E-state index in [-0.39, 0.29) is 5.82 Å². The second kappa shape index (κ2) is 7.56. The number of aromatic nitrogens is 1. The van der Waals surface area contributed by atoms with Gasteiger partial charge in [-0.2, -0.15) is 0 Å². The zero-order valence-electron chi connectivity index (χ0n) is 15.1. The lowest BCUT2D eigenvalue weighted by Gasteiger charge is -2.12. The summed E-state index contributed by atoms with van der Waals surface area (Å²) in [6.07, 6.45) is 1.63. The van der Waals surface area contributed by atoms with Crippen LogP contribution >= 0.6 is 0 Å². The zero-order chi connectivity index (χ0) is 18.7. The number of carbonyl (C=O) groups is 1. The Kier molecular flexibility index (Phi) is 5.21. The van der Waals surface area contributed by atoms with Crippen molar-refractivity contribution in [2.45, 2.75) is 33.2 Å². The Labute approximate surface area is 153 Å². The fraction of sp³-hybridized carbons (Fsp3) is 0.227. The second-order valence-electron chi connectivity index (χ2n) is 6.39. The van der Waals surface area contributed by atoms with Crippen LogP contribution in [0.2, 0.25) is 0 Å². The van der Waals surface area contributed by atoms with Gasteiger partial charge in [0.1, 0.15) is 5.82 Å². The van der Waals surface area contributed by atoms with Gasteiger partial charge in [0.2, 0.25) is 0 Å². The van der Waals surface area contributed by atoms with Crippen LogP contribution in [0.25, 0.3) is 11.1 Å². The summed E-state index contributed by atoms with van der Waals surface area (Å²) in [7, 11) is 0. The minimum absolute atomic E-state index is 0.298. The first kappa shape index (κ1) is 17.9. The number of amides is 1. The Morgan fingerprint density at radius 1 is 1.08 bits per heavy atom. The normalized spacial score (nSPS) is 10.9. The smallest absolute Gasteiger partial charge is 0.251 e. The second-order valence-corrected chi connectivity index (χ2v) is 6.39. The maximum atomic E-state index is 13.3. The Hall–Kier alpha value is -2.88. The van der Waals surface area contributed by atoms with Gasteiger partial charge in [-0.25, -0.2) is 4.39 Å². The zero-order valence-corrected chi connectivity index (χ0v) is 15.1. The molecule has 0 unspecified atom stereocenters. The predicted molar refractivity (Wildman–Crippen MR) is 103 cm³/mol. The van der Waals surface area contributed by atoms with Gasteiger partial charge in [-0.3, -0.25) is 4.79 Å². The summed E-state index contributed by atoms with van der Waals surface area (Å²) >= 11 is 0. The molecule has 0 saturated heterocycles. The minimum Gasteiger partial charge on any atom is -0.366 e. The number of rotatable bonds is 6. The molecule has 0 radical (unpaired) electrons. The minimum atomic E-state index is -0.449. The van der Waals surface area contributed by atoms with E-state index in [1.54, 1.807) is 12.1 Å². The molecule has 0 aliphatic carbocycles. The van der Waals surface area contributed by atoms with E-state index in [9.17, 15) is 9.18 Å². The van der Waals surface area contributed by atoms with Crippen LogP contribution in [0.1, 0.15) is 34.2 Å². The lowest BCUT2D eigenvalue weighted by Crippen LogP contribution is -2.14. The molecule has 3 rings (SSSR count). The SMILES string of the molecule is CCc1c(-c2ccc(F)cc2)c(C(N)=O)c(C)n1CCc1ccccc1. The lowest BCUT2D eigenvalue weighted by atomic mass is 9.99. The number of benzene rings is 2. The molecular formula is C22H23FN2O. The van der Waals surface area contributed by atoms with Gasteiger partial charge in [-0.1, -0.05) is 49.4 Å². The highest BCUT2D eigenvalue weighted by Gasteiger charge is 2.23. The molecule has 4 heteroatoms. The van der Waals surface area contributed by atoms with Crippen molar-refractivity contribution in [3.8, 4) is 11.1 Å². The number of carbonyl (C=O) groups excluding carboxylic acids is 1. The highest BCUT2D eigenvalue weighted by atomic mass is 19.1. The molecule has 0 fully saturated rings. The molecule has 134 valence electrons. The third-order valence-electron chi connectivity index (χ3n) is 4.81. The quantitative estimate of drug-likeness (QED) is 0.699. The van der Waals surface area contributed by atoms with E-state index in [4.69, 9.17) is 5.73 Å². The van der Waals surface area contributed by atoms with Crippen molar-refractivity contribution in [1.29, 1.82) is 0 Å². The van der Waals surface area contributed by atoms with E-state index in [0.717, 1.165) is 41.9 Å². The summed E-state index contributed by atoms with van der Waals surface area (Å²) < 4.78 is 15.5. The average molecular weight is 350 g/mol. The first-order valence-electron chi connectivity index (χ1n) is 8.84. The molecule has 2 N–H and O–H groups in total. The van der Waals surface area contributed by atoms with Gasteiger partial charge in [-0.15, -0.1) is 0 Å². The highest BCUT2D eigenvalue weighted by Crippen LogP contribution is 2.33.